The summed E-state index contributed by atoms with van der Waals surface area (Å²) < 4.78 is 0.994. The van der Waals surface area contributed by atoms with Crippen molar-refractivity contribution in [3.8, 4) is 0 Å². The van der Waals surface area contributed by atoms with Gasteiger partial charge in [-0.2, -0.15) is 4.98 Å². The van der Waals surface area contributed by atoms with Crippen LogP contribution < -0.4 is 10.6 Å². The summed E-state index contributed by atoms with van der Waals surface area (Å²) in [6, 6.07) is 20.3. The first-order valence-corrected chi connectivity index (χ1v) is 8.60. The number of aryl methyl sites for hydroxylation is 1. The normalized spacial score (nSPS) is 11.8. The average Bonchev–Trinajstić information content (AvgIpc) is 2.57. The SMILES string of the molecule is Cc1cc(Nc2ccccc2Br)nc(NC(C)c2ccccc2)n1. The molecule has 0 aliphatic carbocycles. The zero-order chi connectivity index (χ0) is 16.9. The molecule has 0 amide bonds. The maximum Gasteiger partial charge on any atom is 0.225 e. The monoisotopic (exact) mass is 382 g/mol. The molecule has 1 heterocycles. The summed E-state index contributed by atoms with van der Waals surface area (Å²) in [5.74, 6) is 1.37. The van der Waals surface area contributed by atoms with Gasteiger partial charge in [-0.3, -0.25) is 0 Å². The Morgan fingerprint density at radius 1 is 0.958 bits per heavy atom. The lowest BCUT2D eigenvalue weighted by molar-refractivity contribution is 0.858. The van der Waals surface area contributed by atoms with E-state index in [0.717, 1.165) is 21.7 Å². The molecule has 24 heavy (non-hydrogen) atoms. The van der Waals surface area contributed by atoms with Gasteiger partial charge in [0.15, 0.2) is 0 Å². The highest BCUT2D eigenvalue weighted by Crippen LogP contribution is 2.25. The minimum absolute atomic E-state index is 0.129. The number of aromatic nitrogens is 2. The highest BCUT2D eigenvalue weighted by molar-refractivity contribution is 9.10. The van der Waals surface area contributed by atoms with E-state index in [1.807, 2.05) is 55.5 Å². The number of para-hydroxylation sites is 1. The lowest BCUT2D eigenvalue weighted by atomic mass is 10.1. The smallest absolute Gasteiger partial charge is 0.225 e. The predicted octanol–water partition coefficient (Wildman–Crippen LogP) is 5.46. The van der Waals surface area contributed by atoms with E-state index in [1.54, 1.807) is 0 Å². The zero-order valence-electron chi connectivity index (χ0n) is 13.6. The van der Waals surface area contributed by atoms with Crippen molar-refractivity contribution >= 4 is 33.4 Å². The fourth-order valence-corrected chi connectivity index (χ4v) is 2.80. The van der Waals surface area contributed by atoms with Crippen molar-refractivity contribution in [1.82, 2.24) is 9.97 Å². The topological polar surface area (TPSA) is 49.8 Å². The van der Waals surface area contributed by atoms with Crippen LogP contribution in [-0.4, -0.2) is 9.97 Å². The summed E-state index contributed by atoms with van der Waals surface area (Å²) in [5.41, 5.74) is 3.07. The third-order valence-corrected chi connectivity index (χ3v) is 4.33. The van der Waals surface area contributed by atoms with Crippen molar-refractivity contribution in [1.29, 1.82) is 0 Å². The number of halogens is 1. The predicted molar refractivity (Wildman–Crippen MR) is 103 cm³/mol. The van der Waals surface area contributed by atoms with Crippen molar-refractivity contribution in [2.24, 2.45) is 0 Å². The van der Waals surface area contributed by atoms with Gasteiger partial charge < -0.3 is 10.6 Å². The van der Waals surface area contributed by atoms with Crippen LogP contribution in [0.15, 0.2) is 65.1 Å². The minimum Gasteiger partial charge on any atom is -0.348 e. The molecule has 0 radical (unpaired) electrons. The average molecular weight is 383 g/mol. The largest absolute Gasteiger partial charge is 0.348 e. The second-order valence-electron chi connectivity index (χ2n) is 5.60. The first-order valence-electron chi connectivity index (χ1n) is 7.80. The molecule has 0 aliphatic heterocycles. The van der Waals surface area contributed by atoms with E-state index in [0.29, 0.717) is 5.95 Å². The lowest BCUT2D eigenvalue weighted by Crippen LogP contribution is -2.10. The van der Waals surface area contributed by atoms with Gasteiger partial charge in [0.05, 0.1) is 11.7 Å². The molecule has 2 N–H and O–H groups in total. The van der Waals surface area contributed by atoms with Crippen LogP contribution in [0.1, 0.15) is 24.2 Å². The van der Waals surface area contributed by atoms with Gasteiger partial charge in [-0.05, 0) is 47.5 Å². The second kappa shape index (κ2) is 7.45. The third kappa shape index (κ3) is 4.11. The molecule has 1 aromatic heterocycles. The standard InChI is InChI=1S/C19H19BrN4/c1-13-12-18(23-17-11-7-6-10-16(17)20)24-19(21-13)22-14(2)15-8-4-3-5-9-15/h3-12,14H,1-2H3,(H2,21,22,23,24). The van der Waals surface area contributed by atoms with Crippen molar-refractivity contribution in [3.05, 3.63) is 76.4 Å². The Balaban J connectivity index is 1.80. The molecule has 0 saturated heterocycles. The Morgan fingerprint density at radius 2 is 1.67 bits per heavy atom. The van der Waals surface area contributed by atoms with Crippen LogP contribution in [0, 0.1) is 6.92 Å². The Labute approximate surface area is 150 Å². The number of rotatable bonds is 5. The summed E-state index contributed by atoms with van der Waals surface area (Å²) in [6.07, 6.45) is 0. The Kier molecular flexibility index (Phi) is 5.11. The Morgan fingerprint density at radius 3 is 2.42 bits per heavy atom. The fourth-order valence-electron chi connectivity index (χ4n) is 2.42. The van der Waals surface area contributed by atoms with E-state index in [1.165, 1.54) is 5.56 Å². The first kappa shape index (κ1) is 16.5. The van der Waals surface area contributed by atoms with E-state index in [-0.39, 0.29) is 6.04 Å². The molecular formula is C19H19BrN4. The maximum atomic E-state index is 4.58. The van der Waals surface area contributed by atoms with Gasteiger partial charge in [-0.1, -0.05) is 42.5 Å². The molecule has 0 bridgehead atoms. The van der Waals surface area contributed by atoms with Crippen molar-refractivity contribution in [3.63, 3.8) is 0 Å². The van der Waals surface area contributed by atoms with Gasteiger partial charge in [-0.15, -0.1) is 0 Å². The lowest BCUT2D eigenvalue weighted by Gasteiger charge is -2.16. The zero-order valence-corrected chi connectivity index (χ0v) is 15.2. The number of benzene rings is 2. The van der Waals surface area contributed by atoms with Crippen molar-refractivity contribution in [2.75, 3.05) is 10.6 Å². The van der Waals surface area contributed by atoms with E-state index >= 15 is 0 Å². The highest BCUT2D eigenvalue weighted by atomic mass is 79.9. The molecule has 1 atom stereocenters. The second-order valence-corrected chi connectivity index (χ2v) is 6.45. The molecule has 2 aromatic carbocycles. The maximum absolute atomic E-state index is 4.58. The molecule has 122 valence electrons. The van der Waals surface area contributed by atoms with Crippen LogP contribution in [0.2, 0.25) is 0 Å². The number of anilines is 3. The van der Waals surface area contributed by atoms with Crippen LogP contribution in [0.25, 0.3) is 0 Å². The van der Waals surface area contributed by atoms with Gasteiger partial charge in [0.2, 0.25) is 5.95 Å². The summed E-state index contributed by atoms with van der Waals surface area (Å²) in [6.45, 7) is 4.06. The molecule has 0 spiro atoms. The first-order chi connectivity index (χ1) is 11.6. The number of nitrogens with one attached hydrogen (secondary N) is 2. The highest BCUT2D eigenvalue weighted by Gasteiger charge is 2.09. The molecule has 0 aliphatic rings. The van der Waals surface area contributed by atoms with Gasteiger partial charge in [0.1, 0.15) is 5.82 Å². The number of hydrogen-bond donors (Lipinski definition) is 2. The van der Waals surface area contributed by atoms with Gasteiger partial charge >= 0.3 is 0 Å². The van der Waals surface area contributed by atoms with Crippen molar-refractivity contribution < 1.29 is 0 Å². The third-order valence-electron chi connectivity index (χ3n) is 3.64. The molecule has 3 rings (SSSR count). The van der Waals surface area contributed by atoms with Crippen LogP contribution in [0.4, 0.5) is 17.5 Å². The molecule has 0 fully saturated rings. The van der Waals surface area contributed by atoms with E-state index in [9.17, 15) is 0 Å². The van der Waals surface area contributed by atoms with Gasteiger partial charge in [0, 0.05) is 16.2 Å². The van der Waals surface area contributed by atoms with Crippen LogP contribution in [0.3, 0.4) is 0 Å². The molecular weight excluding hydrogens is 364 g/mol. The van der Waals surface area contributed by atoms with E-state index < -0.39 is 0 Å². The minimum atomic E-state index is 0.129. The molecule has 0 saturated carbocycles. The fraction of sp³-hybridized carbons (Fsp3) is 0.158. The Bertz CT molecular complexity index is 821. The van der Waals surface area contributed by atoms with Gasteiger partial charge in [-0.25, -0.2) is 4.98 Å². The van der Waals surface area contributed by atoms with Crippen molar-refractivity contribution in [2.45, 2.75) is 19.9 Å². The van der Waals surface area contributed by atoms with E-state index in [2.05, 4.69) is 55.6 Å². The summed E-state index contributed by atoms with van der Waals surface area (Å²) in [7, 11) is 0. The quantitative estimate of drug-likeness (QED) is 0.614. The van der Waals surface area contributed by atoms with Gasteiger partial charge in [0.25, 0.3) is 0 Å². The van der Waals surface area contributed by atoms with Crippen LogP contribution in [0.5, 0.6) is 0 Å². The summed E-state index contributed by atoms with van der Waals surface area (Å²) in [4.78, 5) is 9.07. The molecule has 4 nitrogen and oxygen atoms in total. The molecule has 5 heteroatoms. The number of hydrogen-bond acceptors (Lipinski definition) is 4. The summed E-state index contributed by atoms with van der Waals surface area (Å²) >= 11 is 3.54. The van der Waals surface area contributed by atoms with Crippen LogP contribution in [-0.2, 0) is 0 Å². The van der Waals surface area contributed by atoms with Crippen LogP contribution >= 0.6 is 15.9 Å². The number of nitrogens with zero attached hydrogens (tertiary/aromatic N) is 2. The molecule has 1 unspecified atom stereocenters. The summed E-state index contributed by atoms with van der Waals surface area (Å²) in [5, 5.41) is 6.69. The van der Waals surface area contributed by atoms with E-state index in [4.69, 9.17) is 0 Å². The Hall–Kier alpha value is -2.40. The molecule has 3 aromatic rings.